The van der Waals surface area contributed by atoms with Gasteiger partial charge in [0, 0.05) is 36.6 Å². The molecule has 0 aliphatic rings. The zero-order chi connectivity index (χ0) is 30.4. The van der Waals surface area contributed by atoms with Crippen molar-refractivity contribution in [1.82, 2.24) is 14.5 Å². The first-order valence-electron chi connectivity index (χ1n) is 12.9. The molecule has 0 saturated carbocycles. The van der Waals surface area contributed by atoms with Gasteiger partial charge in [0.1, 0.15) is 17.5 Å². The number of carbonyl (C=O) groups excluding carboxylic acids is 3. The van der Waals surface area contributed by atoms with Crippen molar-refractivity contribution in [2.75, 3.05) is 31.0 Å². The topological polar surface area (TPSA) is 154 Å². The summed E-state index contributed by atoms with van der Waals surface area (Å²) in [6.45, 7) is 2.05. The number of pyridine rings is 1. The second-order valence-electron chi connectivity index (χ2n) is 9.23. The molecular weight excluding hydrogens is 562 g/mol. The van der Waals surface area contributed by atoms with Crippen LogP contribution < -0.4 is 16.0 Å². The number of aliphatic imine (C=N–C) groups is 1. The molecule has 0 spiro atoms. The quantitative estimate of drug-likeness (QED) is 0.163. The highest BCUT2D eigenvalue weighted by Gasteiger charge is 2.22. The predicted octanol–water partition coefficient (Wildman–Crippen LogP) is 4.48. The van der Waals surface area contributed by atoms with Gasteiger partial charge in [0.05, 0.1) is 42.7 Å². The Morgan fingerprint density at radius 2 is 1.90 bits per heavy atom. The van der Waals surface area contributed by atoms with Gasteiger partial charge in [0.25, 0.3) is 5.91 Å². The van der Waals surface area contributed by atoms with Crippen molar-refractivity contribution >= 4 is 57.9 Å². The van der Waals surface area contributed by atoms with Crippen LogP contribution in [0.25, 0.3) is 11.0 Å². The maximum absolute atomic E-state index is 13.6. The minimum Gasteiger partial charge on any atom is -0.469 e. The predicted molar refractivity (Wildman–Crippen MR) is 160 cm³/mol. The summed E-state index contributed by atoms with van der Waals surface area (Å²) in [7, 11) is 4.40. The van der Waals surface area contributed by atoms with Gasteiger partial charge in [-0.2, -0.15) is 4.99 Å². The van der Waals surface area contributed by atoms with Crippen molar-refractivity contribution in [2.45, 2.75) is 19.4 Å². The number of rotatable bonds is 9. The van der Waals surface area contributed by atoms with Gasteiger partial charge in [-0.05, 0) is 55.5 Å². The fraction of sp³-hybridized carbons (Fsp3) is 0.241. The highest BCUT2D eigenvalue weighted by Crippen LogP contribution is 2.27. The molecule has 12 nitrogen and oxygen atoms in total. The summed E-state index contributed by atoms with van der Waals surface area (Å²) < 4.78 is 11.2. The summed E-state index contributed by atoms with van der Waals surface area (Å²) in [6, 6.07) is 15.3. The number of nitrogens with two attached hydrogens (primary N) is 1. The van der Waals surface area contributed by atoms with E-state index in [4.69, 9.17) is 27.1 Å². The third-order valence-corrected chi connectivity index (χ3v) is 6.82. The number of aryl methyl sites for hydroxylation is 1. The lowest BCUT2D eigenvalue weighted by molar-refractivity contribution is -0.140. The molecule has 2 amide bonds. The van der Waals surface area contributed by atoms with E-state index in [2.05, 4.69) is 20.0 Å². The number of benzene rings is 2. The summed E-state index contributed by atoms with van der Waals surface area (Å²) in [5.41, 5.74) is 8.82. The summed E-state index contributed by atoms with van der Waals surface area (Å²) in [5, 5.41) is 3.66. The van der Waals surface area contributed by atoms with Gasteiger partial charge in [0.15, 0.2) is 0 Å². The van der Waals surface area contributed by atoms with Crippen molar-refractivity contribution in [3.8, 4) is 0 Å². The Morgan fingerprint density at radius 3 is 2.57 bits per heavy atom. The number of fused-ring (bicyclic) bond motifs is 1. The lowest BCUT2D eigenvalue weighted by atomic mass is 10.1. The van der Waals surface area contributed by atoms with Gasteiger partial charge in [-0.3, -0.25) is 14.5 Å². The minimum absolute atomic E-state index is 0.0215. The highest BCUT2D eigenvalue weighted by atomic mass is 35.5. The van der Waals surface area contributed by atoms with E-state index in [1.165, 1.54) is 19.1 Å². The third kappa shape index (κ3) is 6.66. The number of ether oxygens (including phenoxy) is 2. The number of esters is 1. The van der Waals surface area contributed by atoms with Crippen molar-refractivity contribution < 1.29 is 23.9 Å². The second-order valence-corrected chi connectivity index (χ2v) is 9.64. The molecule has 2 aromatic heterocycles. The Hall–Kier alpha value is -4.97. The number of methoxy groups -OCH3 is 2. The first-order chi connectivity index (χ1) is 20.1. The van der Waals surface area contributed by atoms with Crippen molar-refractivity contribution in [2.24, 2.45) is 17.8 Å². The smallest absolute Gasteiger partial charge is 0.435 e. The number of halogens is 1. The number of amidine groups is 1. The molecule has 2 aromatic carbocycles. The van der Waals surface area contributed by atoms with Crippen LogP contribution in [-0.2, 0) is 21.3 Å². The van der Waals surface area contributed by atoms with Crippen LogP contribution in [0.1, 0.15) is 41.1 Å². The highest BCUT2D eigenvalue weighted by molar-refractivity contribution is 6.34. The molecule has 1 atom stereocenters. The molecule has 4 aromatic rings. The maximum atomic E-state index is 13.6. The van der Waals surface area contributed by atoms with E-state index in [1.807, 2.05) is 24.6 Å². The first-order valence-corrected chi connectivity index (χ1v) is 13.2. The Morgan fingerprint density at radius 1 is 1.12 bits per heavy atom. The van der Waals surface area contributed by atoms with E-state index >= 15 is 0 Å². The van der Waals surface area contributed by atoms with Gasteiger partial charge in [-0.15, -0.1) is 0 Å². The van der Waals surface area contributed by atoms with Gasteiger partial charge in [0.2, 0.25) is 0 Å². The summed E-state index contributed by atoms with van der Waals surface area (Å²) in [4.78, 5) is 50.9. The molecule has 4 rings (SSSR count). The molecule has 3 N–H and O–H groups in total. The Balaban J connectivity index is 1.57. The molecule has 0 aliphatic heterocycles. The summed E-state index contributed by atoms with van der Waals surface area (Å²) in [5.74, 6) is 0.341. The SMILES string of the molecule is COC(=O)CCN(C(=O)c1ccc2c(c1)nc(C(C)Nc1ccc(/C(N)=N\C(=O)OC)c(Cl)c1)n2C)c1ccccn1. The average molecular weight is 592 g/mol. The van der Waals surface area contributed by atoms with Gasteiger partial charge in [-0.1, -0.05) is 17.7 Å². The minimum atomic E-state index is -0.822. The zero-order valence-corrected chi connectivity index (χ0v) is 24.3. The lowest BCUT2D eigenvalue weighted by Crippen LogP contribution is -2.33. The Kier molecular flexibility index (Phi) is 9.38. The van der Waals surface area contributed by atoms with Crippen molar-refractivity contribution in [3.63, 3.8) is 0 Å². The van der Waals surface area contributed by atoms with E-state index in [-0.39, 0.29) is 30.8 Å². The van der Waals surface area contributed by atoms with Crippen molar-refractivity contribution in [1.29, 1.82) is 0 Å². The van der Waals surface area contributed by atoms with E-state index in [0.717, 1.165) is 5.52 Å². The van der Waals surface area contributed by atoms with Gasteiger partial charge in [-0.25, -0.2) is 14.8 Å². The maximum Gasteiger partial charge on any atom is 0.435 e. The lowest BCUT2D eigenvalue weighted by Gasteiger charge is -2.21. The number of aromatic nitrogens is 3. The number of hydrogen-bond acceptors (Lipinski definition) is 8. The van der Waals surface area contributed by atoms with E-state index in [1.54, 1.807) is 54.7 Å². The molecule has 0 bridgehead atoms. The molecule has 0 saturated heterocycles. The average Bonchev–Trinajstić information content (AvgIpc) is 3.33. The number of carbonyl (C=O) groups is 3. The fourth-order valence-electron chi connectivity index (χ4n) is 4.36. The van der Waals surface area contributed by atoms with Crippen molar-refractivity contribution in [3.05, 3.63) is 82.8 Å². The second kappa shape index (κ2) is 13.1. The molecule has 13 heteroatoms. The van der Waals surface area contributed by atoms with E-state index in [9.17, 15) is 14.4 Å². The van der Waals surface area contributed by atoms with E-state index in [0.29, 0.717) is 39.0 Å². The monoisotopic (exact) mass is 591 g/mol. The molecule has 218 valence electrons. The number of nitrogens with one attached hydrogen (secondary N) is 1. The summed E-state index contributed by atoms with van der Waals surface area (Å²) in [6.07, 6.45) is 0.784. The Bertz CT molecular complexity index is 1660. The number of anilines is 2. The fourth-order valence-corrected chi connectivity index (χ4v) is 4.64. The normalized spacial score (nSPS) is 12.1. The van der Waals surface area contributed by atoms with E-state index < -0.39 is 12.1 Å². The standard InChI is InChI=1S/C29H30ClN7O5/c1-17(33-19-9-10-20(21(30)16-19)26(31)35-29(40)42-4)27-34-22-15-18(8-11-23(22)36(27)2)28(39)37(14-12-25(38)41-3)24-7-5-6-13-32-24/h5-11,13,15-17,33H,12,14H2,1-4H3,(H2,31,35,40). The van der Waals surface area contributed by atoms with Crippen LogP contribution in [0.3, 0.4) is 0 Å². The van der Waals surface area contributed by atoms with Gasteiger partial charge >= 0.3 is 12.1 Å². The number of amides is 2. The molecule has 0 radical (unpaired) electrons. The molecule has 2 heterocycles. The third-order valence-electron chi connectivity index (χ3n) is 6.50. The summed E-state index contributed by atoms with van der Waals surface area (Å²) >= 11 is 6.40. The van der Waals surface area contributed by atoms with Crippen LogP contribution in [0.4, 0.5) is 16.3 Å². The number of hydrogen-bond donors (Lipinski definition) is 2. The van der Waals surface area contributed by atoms with Gasteiger partial charge < -0.3 is 25.1 Å². The zero-order valence-electron chi connectivity index (χ0n) is 23.5. The van der Waals surface area contributed by atoms with Crippen LogP contribution in [0.15, 0.2) is 65.8 Å². The Labute approximate surface area is 247 Å². The van der Waals surface area contributed by atoms with Crippen LogP contribution in [0.2, 0.25) is 5.02 Å². The number of nitrogens with zero attached hydrogens (tertiary/aromatic N) is 5. The number of imidazole rings is 1. The van der Waals surface area contributed by atoms with Crippen LogP contribution >= 0.6 is 11.6 Å². The van der Waals surface area contributed by atoms with Crippen LogP contribution in [0, 0.1) is 0 Å². The molecule has 0 fully saturated rings. The molecular formula is C29H30ClN7O5. The molecule has 0 aliphatic carbocycles. The molecule has 42 heavy (non-hydrogen) atoms. The molecule has 1 unspecified atom stereocenters. The first kappa shape index (κ1) is 30.0. The largest absolute Gasteiger partial charge is 0.469 e. The van der Waals surface area contributed by atoms with Crippen LogP contribution in [-0.4, -0.2) is 59.1 Å². The van der Waals surface area contributed by atoms with Crippen LogP contribution in [0.5, 0.6) is 0 Å².